The Morgan fingerprint density at radius 3 is 2.81 bits per heavy atom. The average molecular weight is 301 g/mol. The maximum absolute atomic E-state index is 13.2. The largest absolute Gasteiger partial charge is 0.459 e. The fourth-order valence-corrected chi connectivity index (χ4v) is 2.17. The Morgan fingerprint density at radius 2 is 2.10 bits per heavy atom. The number of halogens is 3. The van der Waals surface area contributed by atoms with Gasteiger partial charge in [0.25, 0.3) is 6.43 Å². The second-order valence-electron chi connectivity index (χ2n) is 4.70. The van der Waals surface area contributed by atoms with E-state index in [2.05, 4.69) is 5.32 Å². The molecule has 2 aromatic rings. The molecule has 0 aliphatic heterocycles. The van der Waals surface area contributed by atoms with Gasteiger partial charge in [0.15, 0.2) is 0 Å². The average Bonchev–Trinajstić information content (AvgIpc) is 2.84. The Bertz CT molecular complexity index is 571. The Balaban J connectivity index is 2.04. The molecule has 1 heterocycles. The summed E-state index contributed by atoms with van der Waals surface area (Å²) in [7, 11) is 0. The molecule has 116 valence electrons. The first-order chi connectivity index (χ1) is 10.1. The van der Waals surface area contributed by atoms with E-state index in [0.717, 1.165) is 0 Å². The van der Waals surface area contributed by atoms with Crippen molar-refractivity contribution in [2.45, 2.75) is 25.8 Å². The summed E-state index contributed by atoms with van der Waals surface area (Å²) in [5.41, 5.74) is 0.600. The molecule has 0 spiro atoms. The lowest BCUT2D eigenvalue weighted by Crippen LogP contribution is -2.22. The maximum Gasteiger partial charge on any atom is 0.261 e. The summed E-state index contributed by atoms with van der Waals surface area (Å²) in [6.45, 7) is 2.28. The van der Waals surface area contributed by atoms with Gasteiger partial charge in [0.2, 0.25) is 0 Å². The van der Waals surface area contributed by atoms with E-state index in [9.17, 15) is 13.2 Å². The van der Waals surface area contributed by atoms with Crippen molar-refractivity contribution < 1.29 is 22.3 Å². The number of hydrogen-bond donors (Lipinski definition) is 1. The van der Waals surface area contributed by atoms with Crippen LogP contribution >= 0.6 is 0 Å². The number of ether oxygens (including phenoxy) is 1. The van der Waals surface area contributed by atoms with Crippen LogP contribution in [-0.2, 0) is 4.74 Å². The molecule has 1 N–H and O–H groups in total. The molecule has 2 rings (SSSR count). The summed E-state index contributed by atoms with van der Waals surface area (Å²) in [6.07, 6.45) is -1.96. The Kier molecular flexibility index (Phi) is 5.64. The standard InChI is InChI=1S/C15H18F3NO2/c1-2-19-12(5-6-20-9-15(17)18)14-8-10-7-11(16)3-4-13(10)21-14/h3-4,7-8,12,15,19H,2,5-6,9H2,1H3. The number of rotatable bonds is 8. The maximum atomic E-state index is 13.2. The highest BCUT2D eigenvalue weighted by atomic mass is 19.3. The van der Waals surface area contributed by atoms with E-state index in [1.807, 2.05) is 6.92 Å². The third-order valence-corrected chi connectivity index (χ3v) is 3.09. The van der Waals surface area contributed by atoms with Crippen molar-refractivity contribution in [3.63, 3.8) is 0 Å². The van der Waals surface area contributed by atoms with E-state index >= 15 is 0 Å². The number of furan rings is 1. The first-order valence-corrected chi connectivity index (χ1v) is 6.88. The first kappa shape index (κ1) is 15.9. The summed E-state index contributed by atoms with van der Waals surface area (Å²) in [4.78, 5) is 0. The van der Waals surface area contributed by atoms with Crippen LogP contribution in [0.2, 0.25) is 0 Å². The molecule has 0 saturated heterocycles. The van der Waals surface area contributed by atoms with Crippen molar-refractivity contribution in [1.29, 1.82) is 0 Å². The second kappa shape index (κ2) is 7.47. The van der Waals surface area contributed by atoms with E-state index in [1.165, 1.54) is 12.1 Å². The van der Waals surface area contributed by atoms with Gasteiger partial charge in [-0.2, -0.15) is 0 Å². The molecular weight excluding hydrogens is 283 g/mol. The molecular formula is C15H18F3NO2. The number of benzene rings is 1. The third-order valence-electron chi connectivity index (χ3n) is 3.09. The van der Waals surface area contributed by atoms with Crippen molar-refractivity contribution in [1.82, 2.24) is 5.32 Å². The summed E-state index contributed by atoms with van der Waals surface area (Å²) in [5, 5.41) is 3.89. The molecule has 1 aromatic heterocycles. The lowest BCUT2D eigenvalue weighted by molar-refractivity contribution is 0.0139. The van der Waals surface area contributed by atoms with Crippen molar-refractivity contribution >= 4 is 11.0 Å². The topological polar surface area (TPSA) is 34.4 Å². The van der Waals surface area contributed by atoms with E-state index in [4.69, 9.17) is 9.15 Å². The van der Waals surface area contributed by atoms with Gasteiger partial charge in [-0.1, -0.05) is 6.92 Å². The fourth-order valence-electron chi connectivity index (χ4n) is 2.17. The highest BCUT2D eigenvalue weighted by molar-refractivity contribution is 5.78. The van der Waals surface area contributed by atoms with Gasteiger partial charge in [-0.3, -0.25) is 0 Å². The Labute approximate surface area is 121 Å². The van der Waals surface area contributed by atoms with Gasteiger partial charge in [0, 0.05) is 12.0 Å². The smallest absolute Gasteiger partial charge is 0.261 e. The van der Waals surface area contributed by atoms with E-state index < -0.39 is 13.0 Å². The number of alkyl halides is 2. The fraction of sp³-hybridized carbons (Fsp3) is 0.467. The second-order valence-corrected chi connectivity index (χ2v) is 4.70. The van der Waals surface area contributed by atoms with E-state index in [1.54, 1.807) is 12.1 Å². The molecule has 0 saturated carbocycles. The molecule has 0 amide bonds. The minimum Gasteiger partial charge on any atom is -0.459 e. The summed E-state index contributed by atoms with van der Waals surface area (Å²) in [5.74, 6) is 0.327. The molecule has 3 nitrogen and oxygen atoms in total. The number of fused-ring (bicyclic) bond motifs is 1. The van der Waals surface area contributed by atoms with Crippen molar-refractivity contribution in [3.05, 3.63) is 35.8 Å². The summed E-state index contributed by atoms with van der Waals surface area (Å²) < 4.78 is 47.8. The number of hydrogen-bond acceptors (Lipinski definition) is 3. The van der Waals surface area contributed by atoms with Crippen LogP contribution in [0.3, 0.4) is 0 Å². The summed E-state index contributed by atoms with van der Waals surface area (Å²) >= 11 is 0. The van der Waals surface area contributed by atoms with Gasteiger partial charge in [-0.15, -0.1) is 0 Å². The molecule has 0 aliphatic rings. The van der Waals surface area contributed by atoms with Crippen LogP contribution in [0.5, 0.6) is 0 Å². The molecule has 1 unspecified atom stereocenters. The predicted molar refractivity (Wildman–Crippen MR) is 74.0 cm³/mol. The molecule has 0 bridgehead atoms. The van der Waals surface area contributed by atoms with Gasteiger partial charge in [-0.05, 0) is 37.2 Å². The molecule has 0 fully saturated rings. The molecule has 0 aliphatic carbocycles. The quantitative estimate of drug-likeness (QED) is 0.751. The van der Waals surface area contributed by atoms with Crippen LogP contribution in [0, 0.1) is 5.82 Å². The van der Waals surface area contributed by atoms with Gasteiger partial charge in [-0.25, -0.2) is 13.2 Å². The minimum atomic E-state index is -2.46. The molecule has 1 aromatic carbocycles. The van der Waals surface area contributed by atoms with Crippen LogP contribution in [0.4, 0.5) is 13.2 Å². The lowest BCUT2D eigenvalue weighted by atomic mass is 10.1. The van der Waals surface area contributed by atoms with Crippen molar-refractivity contribution in [3.8, 4) is 0 Å². The zero-order chi connectivity index (χ0) is 15.2. The first-order valence-electron chi connectivity index (χ1n) is 6.88. The third kappa shape index (κ3) is 4.47. The van der Waals surface area contributed by atoms with Crippen LogP contribution in [0.25, 0.3) is 11.0 Å². The van der Waals surface area contributed by atoms with Crippen LogP contribution < -0.4 is 5.32 Å². The highest BCUT2D eigenvalue weighted by Gasteiger charge is 2.16. The number of nitrogens with one attached hydrogen (secondary N) is 1. The summed E-state index contributed by atoms with van der Waals surface area (Å²) in [6, 6.07) is 5.93. The minimum absolute atomic E-state index is 0.150. The van der Waals surface area contributed by atoms with Crippen molar-refractivity contribution in [2.75, 3.05) is 19.8 Å². The zero-order valence-corrected chi connectivity index (χ0v) is 11.7. The van der Waals surface area contributed by atoms with E-state index in [0.29, 0.717) is 29.7 Å². The predicted octanol–water partition coefficient (Wildman–Crippen LogP) is 3.89. The van der Waals surface area contributed by atoms with Crippen molar-refractivity contribution in [2.24, 2.45) is 0 Å². The molecule has 1 atom stereocenters. The van der Waals surface area contributed by atoms with Gasteiger partial charge in [0.1, 0.15) is 23.8 Å². The van der Waals surface area contributed by atoms with Crippen LogP contribution in [-0.4, -0.2) is 26.2 Å². The van der Waals surface area contributed by atoms with Crippen LogP contribution in [0.15, 0.2) is 28.7 Å². The monoisotopic (exact) mass is 301 g/mol. The van der Waals surface area contributed by atoms with Gasteiger partial charge in [0.05, 0.1) is 6.04 Å². The Morgan fingerprint density at radius 1 is 1.29 bits per heavy atom. The van der Waals surface area contributed by atoms with Crippen LogP contribution in [0.1, 0.15) is 25.1 Å². The molecule has 0 radical (unpaired) electrons. The highest BCUT2D eigenvalue weighted by Crippen LogP contribution is 2.26. The van der Waals surface area contributed by atoms with E-state index in [-0.39, 0.29) is 18.5 Å². The van der Waals surface area contributed by atoms with Gasteiger partial charge < -0.3 is 14.5 Å². The zero-order valence-electron chi connectivity index (χ0n) is 11.7. The Hall–Kier alpha value is -1.53. The molecule has 21 heavy (non-hydrogen) atoms. The normalized spacial score (nSPS) is 13.2. The molecule has 6 heteroatoms. The SMILES string of the molecule is CCNC(CCOCC(F)F)c1cc2cc(F)ccc2o1. The van der Waals surface area contributed by atoms with Gasteiger partial charge >= 0.3 is 0 Å². The lowest BCUT2D eigenvalue weighted by Gasteiger charge is -2.15.